The summed E-state index contributed by atoms with van der Waals surface area (Å²) in [6.07, 6.45) is 4.04. The van der Waals surface area contributed by atoms with Crippen LogP contribution in [0.15, 0.2) is 24.3 Å². The lowest BCUT2D eigenvalue weighted by molar-refractivity contribution is -0.0716. The van der Waals surface area contributed by atoms with E-state index in [-0.39, 0.29) is 11.2 Å². The van der Waals surface area contributed by atoms with Crippen molar-refractivity contribution in [2.24, 2.45) is 17.1 Å². The summed E-state index contributed by atoms with van der Waals surface area (Å²) in [6, 6.07) is 6.27. The molecule has 3 unspecified atom stereocenters. The SMILES string of the molecule is CCC1CCC(CN)(C(C)(O)c2cccc(F)c2)C1. The summed E-state index contributed by atoms with van der Waals surface area (Å²) in [7, 11) is 0. The van der Waals surface area contributed by atoms with E-state index in [0.29, 0.717) is 18.0 Å². The van der Waals surface area contributed by atoms with E-state index >= 15 is 0 Å². The second-order valence-corrected chi connectivity index (χ2v) is 6.08. The molecule has 1 aromatic carbocycles. The van der Waals surface area contributed by atoms with Crippen molar-refractivity contribution in [3.8, 4) is 0 Å². The molecule has 0 radical (unpaired) electrons. The van der Waals surface area contributed by atoms with E-state index in [1.165, 1.54) is 12.1 Å². The fourth-order valence-corrected chi connectivity index (χ4v) is 3.51. The molecule has 3 heteroatoms. The van der Waals surface area contributed by atoms with Crippen molar-refractivity contribution in [3.05, 3.63) is 35.6 Å². The maximum absolute atomic E-state index is 13.4. The summed E-state index contributed by atoms with van der Waals surface area (Å²) in [4.78, 5) is 0. The molecular weight excluding hydrogens is 241 g/mol. The average Bonchev–Trinajstić information content (AvgIpc) is 2.84. The minimum Gasteiger partial charge on any atom is -0.385 e. The summed E-state index contributed by atoms with van der Waals surface area (Å²) in [5.41, 5.74) is 5.22. The van der Waals surface area contributed by atoms with Gasteiger partial charge in [-0.05, 0) is 49.8 Å². The second-order valence-electron chi connectivity index (χ2n) is 6.08. The Morgan fingerprint density at radius 2 is 2.26 bits per heavy atom. The highest BCUT2D eigenvalue weighted by atomic mass is 19.1. The lowest BCUT2D eigenvalue weighted by Crippen LogP contribution is -2.47. The molecule has 1 aliphatic rings. The highest BCUT2D eigenvalue weighted by molar-refractivity contribution is 5.26. The molecule has 2 nitrogen and oxygen atoms in total. The highest BCUT2D eigenvalue weighted by Gasteiger charge is 2.51. The lowest BCUT2D eigenvalue weighted by atomic mass is 9.67. The zero-order chi connectivity index (χ0) is 14.1. The van der Waals surface area contributed by atoms with Crippen LogP contribution < -0.4 is 5.73 Å². The highest BCUT2D eigenvalue weighted by Crippen LogP contribution is 2.53. The fraction of sp³-hybridized carbons (Fsp3) is 0.625. The minimum atomic E-state index is -1.08. The van der Waals surface area contributed by atoms with Crippen LogP contribution in [0.1, 0.15) is 45.1 Å². The minimum absolute atomic E-state index is 0.310. The van der Waals surface area contributed by atoms with Gasteiger partial charge >= 0.3 is 0 Å². The molecule has 106 valence electrons. The molecule has 0 spiro atoms. The molecule has 2 rings (SSSR count). The van der Waals surface area contributed by atoms with Gasteiger partial charge in [0.05, 0.1) is 5.60 Å². The van der Waals surface area contributed by atoms with Crippen molar-refractivity contribution < 1.29 is 9.50 Å². The molecule has 0 aliphatic heterocycles. The van der Waals surface area contributed by atoms with Gasteiger partial charge in [-0.15, -0.1) is 0 Å². The normalized spacial score (nSPS) is 30.3. The number of halogens is 1. The molecular formula is C16H24FNO. The first-order valence-corrected chi connectivity index (χ1v) is 7.13. The van der Waals surface area contributed by atoms with Crippen molar-refractivity contribution in [1.29, 1.82) is 0 Å². The van der Waals surface area contributed by atoms with Gasteiger partial charge in [0, 0.05) is 12.0 Å². The molecule has 0 aromatic heterocycles. The molecule has 1 saturated carbocycles. The van der Waals surface area contributed by atoms with Crippen molar-refractivity contribution in [1.82, 2.24) is 0 Å². The Balaban J connectivity index is 2.36. The number of hydrogen-bond acceptors (Lipinski definition) is 2. The van der Waals surface area contributed by atoms with Crippen molar-refractivity contribution in [3.63, 3.8) is 0 Å². The van der Waals surface area contributed by atoms with Gasteiger partial charge < -0.3 is 10.8 Å². The lowest BCUT2D eigenvalue weighted by Gasteiger charge is -2.43. The van der Waals surface area contributed by atoms with Gasteiger partial charge in [-0.3, -0.25) is 0 Å². The summed E-state index contributed by atoms with van der Waals surface area (Å²) >= 11 is 0. The Morgan fingerprint density at radius 1 is 1.53 bits per heavy atom. The molecule has 1 fully saturated rings. The summed E-state index contributed by atoms with van der Waals surface area (Å²) in [5, 5.41) is 11.0. The molecule has 3 atom stereocenters. The molecule has 0 heterocycles. The molecule has 1 aromatic rings. The Bertz CT molecular complexity index is 446. The number of hydrogen-bond donors (Lipinski definition) is 2. The van der Waals surface area contributed by atoms with E-state index in [4.69, 9.17) is 5.73 Å². The van der Waals surface area contributed by atoms with Crippen molar-refractivity contribution in [2.75, 3.05) is 6.54 Å². The first-order chi connectivity index (χ1) is 8.95. The average molecular weight is 265 g/mol. The number of rotatable bonds is 4. The van der Waals surface area contributed by atoms with E-state index in [1.807, 2.05) is 0 Å². The summed E-state index contributed by atoms with van der Waals surface area (Å²) in [5.74, 6) is 0.304. The van der Waals surface area contributed by atoms with E-state index in [1.54, 1.807) is 19.1 Å². The number of benzene rings is 1. The van der Waals surface area contributed by atoms with Crippen LogP contribution in [0.5, 0.6) is 0 Å². The Kier molecular flexibility index (Phi) is 3.98. The van der Waals surface area contributed by atoms with Gasteiger partial charge in [-0.25, -0.2) is 4.39 Å². The van der Waals surface area contributed by atoms with Gasteiger partial charge in [0.15, 0.2) is 0 Å². The predicted octanol–water partition coefficient (Wildman–Crippen LogP) is 3.19. The monoisotopic (exact) mass is 265 g/mol. The largest absolute Gasteiger partial charge is 0.385 e. The van der Waals surface area contributed by atoms with E-state index in [0.717, 1.165) is 25.7 Å². The Morgan fingerprint density at radius 3 is 2.79 bits per heavy atom. The van der Waals surface area contributed by atoms with Crippen LogP contribution in [-0.2, 0) is 5.60 Å². The Labute approximate surface area is 114 Å². The zero-order valence-electron chi connectivity index (χ0n) is 11.8. The van der Waals surface area contributed by atoms with Crippen LogP contribution in [0, 0.1) is 17.2 Å². The van der Waals surface area contributed by atoms with Gasteiger partial charge in [-0.1, -0.05) is 25.5 Å². The Hall–Kier alpha value is -0.930. The molecule has 0 amide bonds. The first kappa shape index (κ1) is 14.5. The van der Waals surface area contributed by atoms with Crippen LogP contribution in [0.25, 0.3) is 0 Å². The van der Waals surface area contributed by atoms with Crippen LogP contribution in [0.2, 0.25) is 0 Å². The van der Waals surface area contributed by atoms with Gasteiger partial charge in [0.2, 0.25) is 0 Å². The first-order valence-electron chi connectivity index (χ1n) is 7.13. The van der Waals surface area contributed by atoms with Crippen LogP contribution >= 0.6 is 0 Å². The van der Waals surface area contributed by atoms with E-state index < -0.39 is 5.60 Å². The third-order valence-corrected chi connectivity index (χ3v) is 5.10. The fourth-order valence-electron chi connectivity index (χ4n) is 3.51. The van der Waals surface area contributed by atoms with Gasteiger partial charge in [0.25, 0.3) is 0 Å². The predicted molar refractivity (Wildman–Crippen MR) is 75.1 cm³/mol. The second kappa shape index (κ2) is 5.22. The molecule has 19 heavy (non-hydrogen) atoms. The maximum atomic E-state index is 13.4. The van der Waals surface area contributed by atoms with Gasteiger partial charge in [0.1, 0.15) is 5.82 Å². The van der Waals surface area contributed by atoms with Crippen LogP contribution in [-0.4, -0.2) is 11.7 Å². The van der Waals surface area contributed by atoms with Crippen LogP contribution in [0.3, 0.4) is 0 Å². The molecule has 0 saturated heterocycles. The van der Waals surface area contributed by atoms with Crippen molar-refractivity contribution >= 4 is 0 Å². The summed E-state index contributed by atoms with van der Waals surface area (Å²) < 4.78 is 13.4. The quantitative estimate of drug-likeness (QED) is 0.878. The zero-order valence-corrected chi connectivity index (χ0v) is 11.8. The third kappa shape index (κ3) is 2.41. The number of aliphatic hydroxyl groups is 1. The van der Waals surface area contributed by atoms with E-state index in [9.17, 15) is 9.50 Å². The molecule has 0 bridgehead atoms. The topological polar surface area (TPSA) is 46.2 Å². The van der Waals surface area contributed by atoms with Crippen LogP contribution in [0.4, 0.5) is 4.39 Å². The van der Waals surface area contributed by atoms with Crippen molar-refractivity contribution in [2.45, 2.75) is 45.1 Å². The molecule has 3 N–H and O–H groups in total. The smallest absolute Gasteiger partial charge is 0.123 e. The standard InChI is InChI=1S/C16H24FNO/c1-3-12-7-8-16(10-12,11-18)15(2,19)13-5-4-6-14(17)9-13/h4-6,9,12,19H,3,7-8,10-11,18H2,1-2H3. The van der Waals surface area contributed by atoms with Gasteiger partial charge in [-0.2, -0.15) is 0 Å². The molecule has 1 aliphatic carbocycles. The van der Waals surface area contributed by atoms with E-state index in [2.05, 4.69) is 6.92 Å². The maximum Gasteiger partial charge on any atom is 0.123 e. The summed E-state index contributed by atoms with van der Waals surface area (Å²) in [6.45, 7) is 4.40. The third-order valence-electron chi connectivity index (χ3n) is 5.10. The number of nitrogens with two attached hydrogens (primary N) is 1.